The summed E-state index contributed by atoms with van der Waals surface area (Å²) in [5.41, 5.74) is 2.39. The summed E-state index contributed by atoms with van der Waals surface area (Å²) < 4.78 is 0. The second-order valence-corrected chi connectivity index (χ2v) is 3.34. The van der Waals surface area contributed by atoms with E-state index in [1.807, 2.05) is 30.6 Å². The van der Waals surface area contributed by atoms with Gasteiger partial charge in [-0.3, -0.25) is 0 Å². The molecular weight excluding hydrogens is 186 g/mol. The summed E-state index contributed by atoms with van der Waals surface area (Å²) in [5, 5.41) is 3.34. The molecule has 3 nitrogen and oxygen atoms in total. The van der Waals surface area contributed by atoms with Crippen molar-refractivity contribution < 1.29 is 0 Å². The highest BCUT2D eigenvalue weighted by molar-refractivity contribution is 5.14. The van der Waals surface area contributed by atoms with Crippen LogP contribution in [0, 0.1) is 0 Å². The maximum absolute atomic E-state index is 3.96. The third kappa shape index (κ3) is 3.14. The van der Waals surface area contributed by atoms with Gasteiger partial charge >= 0.3 is 0 Å². The third-order valence-electron chi connectivity index (χ3n) is 2.12. The smallest absolute Gasteiger partial charge is 0.115 e. The lowest BCUT2D eigenvalue weighted by atomic mass is 10.2. The molecule has 0 unspecified atom stereocenters. The molecule has 2 rings (SSSR count). The molecule has 0 aliphatic heterocycles. The molecule has 76 valence electrons. The Morgan fingerprint density at radius 1 is 0.867 bits per heavy atom. The van der Waals surface area contributed by atoms with Crippen molar-refractivity contribution in [1.29, 1.82) is 0 Å². The first-order chi connectivity index (χ1) is 7.45. The van der Waals surface area contributed by atoms with Crippen LogP contribution in [-0.2, 0) is 13.1 Å². The highest BCUT2D eigenvalue weighted by Crippen LogP contribution is 1.98. The van der Waals surface area contributed by atoms with Gasteiger partial charge in [0.25, 0.3) is 0 Å². The van der Waals surface area contributed by atoms with E-state index >= 15 is 0 Å². The average molecular weight is 199 g/mol. The molecule has 0 aliphatic rings. The van der Waals surface area contributed by atoms with E-state index in [2.05, 4.69) is 27.4 Å². The summed E-state index contributed by atoms with van der Waals surface area (Å²) in [6.07, 6.45) is 5.19. The third-order valence-corrected chi connectivity index (χ3v) is 2.12. The normalized spacial score (nSPS) is 10.1. The van der Waals surface area contributed by atoms with Crippen molar-refractivity contribution >= 4 is 0 Å². The first-order valence-corrected chi connectivity index (χ1v) is 4.94. The van der Waals surface area contributed by atoms with E-state index < -0.39 is 0 Å². The summed E-state index contributed by atoms with van der Waals surface area (Å²) in [5.74, 6) is 0. The van der Waals surface area contributed by atoms with Crippen LogP contribution in [0.1, 0.15) is 11.1 Å². The van der Waals surface area contributed by atoms with Crippen LogP contribution in [-0.4, -0.2) is 9.97 Å². The fraction of sp³-hybridized carbons (Fsp3) is 0.167. The highest BCUT2D eigenvalue weighted by Gasteiger charge is 1.93. The van der Waals surface area contributed by atoms with E-state index in [0.717, 1.165) is 18.7 Å². The first-order valence-electron chi connectivity index (χ1n) is 4.94. The second-order valence-electron chi connectivity index (χ2n) is 3.34. The van der Waals surface area contributed by atoms with Gasteiger partial charge in [-0.05, 0) is 5.56 Å². The zero-order valence-electron chi connectivity index (χ0n) is 8.43. The largest absolute Gasteiger partial charge is 0.309 e. The lowest BCUT2D eigenvalue weighted by molar-refractivity contribution is 0.689. The van der Waals surface area contributed by atoms with Crippen molar-refractivity contribution in [3.63, 3.8) is 0 Å². The number of rotatable bonds is 4. The van der Waals surface area contributed by atoms with E-state index in [1.165, 1.54) is 5.56 Å². The molecule has 1 aromatic heterocycles. The molecular formula is C12H13N3. The number of nitrogens with zero attached hydrogens (tertiary/aromatic N) is 2. The number of benzene rings is 1. The van der Waals surface area contributed by atoms with E-state index in [1.54, 1.807) is 6.33 Å². The molecule has 1 heterocycles. The molecule has 1 aromatic carbocycles. The number of hydrogen-bond acceptors (Lipinski definition) is 3. The van der Waals surface area contributed by atoms with Crippen LogP contribution >= 0.6 is 0 Å². The molecule has 0 fully saturated rings. The number of aromatic nitrogens is 2. The molecule has 0 amide bonds. The van der Waals surface area contributed by atoms with Gasteiger partial charge in [0.15, 0.2) is 0 Å². The molecule has 2 aromatic rings. The van der Waals surface area contributed by atoms with Crippen molar-refractivity contribution in [2.24, 2.45) is 0 Å². The molecule has 0 saturated carbocycles. The molecule has 0 spiro atoms. The van der Waals surface area contributed by atoms with Crippen LogP contribution in [0.25, 0.3) is 0 Å². The van der Waals surface area contributed by atoms with Gasteiger partial charge in [0.05, 0.1) is 0 Å². The Balaban J connectivity index is 1.81. The molecule has 0 radical (unpaired) electrons. The van der Waals surface area contributed by atoms with Crippen LogP contribution < -0.4 is 5.32 Å². The summed E-state index contributed by atoms with van der Waals surface area (Å²) in [7, 11) is 0. The van der Waals surface area contributed by atoms with Crippen LogP contribution in [0.2, 0.25) is 0 Å². The Kier molecular flexibility index (Phi) is 3.41. The van der Waals surface area contributed by atoms with Gasteiger partial charge in [-0.1, -0.05) is 30.3 Å². The Labute approximate surface area is 89.2 Å². The van der Waals surface area contributed by atoms with Gasteiger partial charge in [-0.2, -0.15) is 0 Å². The van der Waals surface area contributed by atoms with Crippen molar-refractivity contribution in [2.75, 3.05) is 0 Å². The Bertz CT molecular complexity index is 347. The van der Waals surface area contributed by atoms with Crippen LogP contribution in [0.3, 0.4) is 0 Å². The quantitative estimate of drug-likeness (QED) is 0.815. The van der Waals surface area contributed by atoms with Gasteiger partial charge in [-0.25, -0.2) is 9.97 Å². The van der Waals surface area contributed by atoms with E-state index in [4.69, 9.17) is 0 Å². The van der Waals surface area contributed by atoms with Crippen molar-refractivity contribution in [2.45, 2.75) is 13.1 Å². The maximum Gasteiger partial charge on any atom is 0.115 e. The molecule has 0 bridgehead atoms. The van der Waals surface area contributed by atoms with Gasteiger partial charge in [0, 0.05) is 31.0 Å². The fourth-order valence-corrected chi connectivity index (χ4v) is 1.37. The average Bonchev–Trinajstić information content (AvgIpc) is 2.32. The Morgan fingerprint density at radius 2 is 1.53 bits per heavy atom. The molecule has 0 aliphatic carbocycles. The van der Waals surface area contributed by atoms with Crippen molar-refractivity contribution in [3.8, 4) is 0 Å². The van der Waals surface area contributed by atoms with Gasteiger partial charge in [0.1, 0.15) is 6.33 Å². The van der Waals surface area contributed by atoms with Crippen LogP contribution in [0.4, 0.5) is 0 Å². The topological polar surface area (TPSA) is 37.8 Å². The zero-order valence-corrected chi connectivity index (χ0v) is 8.43. The molecule has 1 N–H and O–H groups in total. The number of nitrogens with one attached hydrogen (secondary N) is 1. The molecule has 3 heteroatoms. The molecule has 15 heavy (non-hydrogen) atoms. The number of hydrogen-bond donors (Lipinski definition) is 1. The lowest BCUT2D eigenvalue weighted by Crippen LogP contribution is -2.12. The van der Waals surface area contributed by atoms with E-state index in [9.17, 15) is 0 Å². The van der Waals surface area contributed by atoms with Gasteiger partial charge in [0.2, 0.25) is 0 Å². The minimum absolute atomic E-state index is 0.801. The molecule has 0 atom stereocenters. The predicted octanol–water partition coefficient (Wildman–Crippen LogP) is 1.77. The summed E-state index contributed by atoms with van der Waals surface area (Å²) in [6.45, 7) is 1.67. The second kappa shape index (κ2) is 5.22. The monoisotopic (exact) mass is 199 g/mol. The Hall–Kier alpha value is -1.74. The zero-order chi connectivity index (χ0) is 10.3. The fourth-order valence-electron chi connectivity index (χ4n) is 1.37. The first kappa shape index (κ1) is 9.80. The molecule has 0 saturated heterocycles. The van der Waals surface area contributed by atoms with E-state index in [0.29, 0.717) is 0 Å². The SMILES string of the molecule is c1ccc(CNCc2cncnc2)cc1. The summed E-state index contributed by atoms with van der Waals surface area (Å²) in [6, 6.07) is 10.3. The van der Waals surface area contributed by atoms with Gasteiger partial charge < -0.3 is 5.32 Å². The summed E-state index contributed by atoms with van der Waals surface area (Å²) >= 11 is 0. The summed E-state index contributed by atoms with van der Waals surface area (Å²) in [4.78, 5) is 7.92. The maximum atomic E-state index is 3.96. The van der Waals surface area contributed by atoms with Gasteiger partial charge in [-0.15, -0.1) is 0 Å². The van der Waals surface area contributed by atoms with Crippen molar-refractivity contribution in [1.82, 2.24) is 15.3 Å². The predicted molar refractivity (Wildman–Crippen MR) is 59.0 cm³/mol. The highest BCUT2D eigenvalue weighted by atomic mass is 14.9. The van der Waals surface area contributed by atoms with E-state index in [-0.39, 0.29) is 0 Å². The van der Waals surface area contributed by atoms with Crippen molar-refractivity contribution in [3.05, 3.63) is 60.2 Å². The standard InChI is InChI=1S/C12H13N3/c1-2-4-11(5-3-1)6-13-7-12-8-14-10-15-9-12/h1-5,8-10,13H,6-7H2. The minimum Gasteiger partial charge on any atom is -0.309 e. The van der Waals surface area contributed by atoms with Crippen LogP contribution in [0.15, 0.2) is 49.1 Å². The Morgan fingerprint density at radius 3 is 2.27 bits per heavy atom. The minimum atomic E-state index is 0.801. The lowest BCUT2D eigenvalue weighted by Gasteiger charge is -2.03. The van der Waals surface area contributed by atoms with Crippen LogP contribution in [0.5, 0.6) is 0 Å².